The third kappa shape index (κ3) is 2.55. The average molecular weight is 321 g/mol. The Kier molecular flexibility index (Phi) is 3.44. The van der Waals surface area contributed by atoms with Crippen molar-refractivity contribution in [1.82, 2.24) is 4.90 Å². The summed E-state index contributed by atoms with van der Waals surface area (Å²) in [4.78, 5) is 14.5. The summed E-state index contributed by atoms with van der Waals surface area (Å²) in [7, 11) is 0. The minimum Gasteiger partial charge on any atom is -0.490 e. The Balaban J connectivity index is 1.75. The number of hydrogen-bond acceptors (Lipinski definition) is 4. The quantitative estimate of drug-likeness (QED) is 0.924. The number of fused-ring (bicyclic) bond motifs is 2. The van der Waals surface area contributed by atoms with Gasteiger partial charge in [0, 0.05) is 6.54 Å². The smallest absolute Gasteiger partial charge is 0.261 e. The number of halogens is 1. The lowest BCUT2D eigenvalue weighted by molar-refractivity contribution is 0.0705. The number of aliphatic hydroxyl groups is 1. The molecule has 4 rings (SSSR count). The minimum atomic E-state index is -0.555. The Morgan fingerprint density at radius 1 is 1.48 bits per heavy atom. The molecule has 2 heterocycles. The van der Waals surface area contributed by atoms with Crippen molar-refractivity contribution in [2.75, 3.05) is 19.8 Å². The topological polar surface area (TPSA) is 59.0 Å². The van der Waals surface area contributed by atoms with E-state index in [9.17, 15) is 14.3 Å². The van der Waals surface area contributed by atoms with Crippen molar-refractivity contribution in [1.29, 1.82) is 0 Å². The summed E-state index contributed by atoms with van der Waals surface area (Å²) in [5.41, 5.74) is 0.565. The van der Waals surface area contributed by atoms with E-state index in [1.54, 1.807) is 17.9 Å². The molecule has 1 aromatic rings. The van der Waals surface area contributed by atoms with E-state index in [1.807, 2.05) is 0 Å². The number of ether oxygens (including phenoxy) is 2. The number of aliphatic hydroxyl groups excluding tert-OH is 1. The number of carbonyl (C=O) groups excluding carboxylic acids is 1. The lowest BCUT2D eigenvalue weighted by Gasteiger charge is -2.21. The highest BCUT2D eigenvalue weighted by Gasteiger charge is 2.41. The van der Waals surface area contributed by atoms with Crippen LogP contribution in [0.5, 0.6) is 11.5 Å². The summed E-state index contributed by atoms with van der Waals surface area (Å²) in [6, 6.07) is 1.38. The van der Waals surface area contributed by atoms with Gasteiger partial charge in [-0.15, -0.1) is 0 Å². The number of rotatable bonds is 3. The van der Waals surface area contributed by atoms with Crippen LogP contribution >= 0.6 is 0 Å². The SMILES string of the molecule is Cc1cc2c(c(OCC3CC3)c1F)C(=O)N1C[C@H](O)C[C@@H]1CO2. The van der Waals surface area contributed by atoms with Gasteiger partial charge in [0.15, 0.2) is 11.6 Å². The van der Waals surface area contributed by atoms with Crippen LogP contribution in [0.1, 0.15) is 35.2 Å². The highest BCUT2D eigenvalue weighted by atomic mass is 19.1. The second kappa shape index (κ2) is 5.37. The summed E-state index contributed by atoms with van der Waals surface area (Å²) in [6.45, 7) is 2.63. The number of aryl methyl sites for hydroxylation is 1. The first kappa shape index (κ1) is 14.8. The van der Waals surface area contributed by atoms with Gasteiger partial charge in [-0.25, -0.2) is 4.39 Å². The molecule has 0 spiro atoms. The lowest BCUT2D eigenvalue weighted by Crippen LogP contribution is -2.37. The first-order valence-corrected chi connectivity index (χ1v) is 8.12. The number of nitrogens with zero attached hydrogens (tertiary/aromatic N) is 1. The predicted octanol–water partition coefficient (Wildman–Crippen LogP) is 1.89. The van der Waals surface area contributed by atoms with Crippen LogP contribution in [0.2, 0.25) is 0 Å². The van der Waals surface area contributed by atoms with E-state index in [0.717, 1.165) is 12.8 Å². The van der Waals surface area contributed by atoms with Crippen LogP contribution in [-0.4, -0.2) is 47.8 Å². The van der Waals surface area contributed by atoms with Crippen molar-refractivity contribution < 1.29 is 23.8 Å². The summed E-state index contributed by atoms with van der Waals surface area (Å²) in [6.07, 6.45) is 2.10. The van der Waals surface area contributed by atoms with Crippen LogP contribution in [0.15, 0.2) is 6.07 Å². The summed E-state index contributed by atoms with van der Waals surface area (Å²) >= 11 is 0. The molecule has 124 valence electrons. The van der Waals surface area contributed by atoms with Gasteiger partial charge in [-0.2, -0.15) is 0 Å². The second-order valence-corrected chi connectivity index (χ2v) is 6.78. The number of amides is 1. The molecule has 23 heavy (non-hydrogen) atoms. The molecule has 2 atom stereocenters. The van der Waals surface area contributed by atoms with E-state index in [0.29, 0.717) is 36.9 Å². The van der Waals surface area contributed by atoms with Gasteiger partial charge in [-0.3, -0.25) is 4.79 Å². The van der Waals surface area contributed by atoms with Crippen molar-refractivity contribution in [2.24, 2.45) is 5.92 Å². The normalized spacial score (nSPS) is 26.4. The molecule has 1 saturated carbocycles. The van der Waals surface area contributed by atoms with E-state index in [4.69, 9.17) is 9.47 Å². The molecular weight excluding hydrogens is 301 g/mol. The van der Waals surface area contributed by atoms with Crippen molar-refractivity contribution in [3.8, 4) is 11.5 Å². The molecule has 1 N–H and O–H groups in total. The van der Waals surface area contributed by atoms with Gasteiger partial charge in [-0.1, -0.05) is 0 Å². The van der Waals surface area contributed by atoms with E-state index in [2.05, 4.69) is 0 Å². The van der Waals surface area contributed by atoms with Crippen LogP contribution in [-0.2, 0) is 0 Å². The molecule has 0 aromatic heterocycles. The molecule has 0 radical (unpaired) electrons. The van der Waals surface area contributed by atoms with Crippen molar-refractivity contribution in [3.05, 3.63) is 23.0 Å². The van der Waals surface area contributed by atoms with Crippen molar-refractivity contribution in [3.63, 3.8) is 0 Å². The van der Waals surface area contributed by atoms with E-state index in [1.165, 1.54) is 0 Å². The molecule has 3 aliphatic rings. The van der Waals surface area contributed by atoms with Crippen LogP contribution in [0.4, 0.5) is 4.39 Å². The molecule has 1 aromatic carbocycles. The maximum Gasteiger partial charge on any atom is 0.261 e. The molecule has 1 amide bonds. The van der Waals surface area contributed by atoms with Gasteiger partial charge in [0.25, 0.3) is 5.91 Å². The third-order valence-corrected chi connectivity index (χ3v) is 4.83. The highest BCUT2D eigenvalue weighted by Crippen LogP contribution is 2.40. The fraction of sp³-hybridized carbons (Fsp3) is 0.588. The summed E-state index contributed by atoms with van der Waals surface area (Å²) in [5.74, 6) is 0.0135. The zero-order valence-electron chi connectivity index (χ0n) is 13.0. The van der Waals surface area contributed by atoms with E-state index >= 15 is 0 Å². The molecule has 2 aliphatic heterocycles. The van der Waals surface area contributed by atoms with Gasteiger partial charge in [0.1, 0.15) is 17.9 Å². The second-order valence-electron chi connectivity index (χ2n) is 6.78. The third-order valence-electron chi connectivity index (χ3n) is 4.83. The van der Waals surface area contributed by atoms with Crippen LogP contribution in [0.3, 0.4) is 0 Å². The number of carbonyl (C=O) groups is 1. The van der Waals surface area contributed by atoms with Crippen molar-refractivity contribution in [2.45, 2.75) is 38.3 Å². The zero-order valence-corrected chi connectivity index (χ0v) is 13.0. The van der Waals surface area contributed by atoms with E-state index in [-0.39, 0.29) is 29.8 Å². The van der Waals surface area contributed by atoms with Crippen molar-refractivity contribution >= 4 is 5.91 Å². The van der Waals surface area contributed by atoms with Gasteiger partial charge < -0.3 is 19.5 Å². The summed E-state index contributed by atoms with van der Waals surface area (Å²) < 4.78 is 26.0. The van der Waals surface area contributed by atoms with E-state index < -0.39 is 11.9 Å². The molecule has 1 saturated heterocycles. The largest absolute Gasteiger partial charge is 0.490 e. The Morgan fingerprint density at radius 2 is 2.26 bits per heavy atom. The predicted molar refractivity (Wildman–Crippen MR) is 80.3 cm³/mol. The molecule has 1 aliphatic carbocycles. The molecule has 6 heteroatoms. The van der Waals surface area contributed by atoms with Crippen LogP contribution in [0.25, 0.3) is 0 Å². The fourth-order valence-electron chi connectivity index (χ4n) is 3.30. The Hall–Kier alpha value is -1.82. The molecule has 2 fully saturated rings. The van der Waals surface area contributed by atoms with Gasteiger partial charge in [0.05, 0.1) is 18.8 Å². The Labute approximate surface area is 134 Å². The monoisotopic (exact) mass is 321 g/mol. The Bertz CT molecular complexity index is 658. The highest BCUT2D eigenvalue weighted by molar-refractivity contribution is 6.00. The van der Waals surface area contributed by atoms with Gasteiger partial charge in [0.2, 0.25) is 0 Å². The maximum absolute atomic E-state index is 14.6. The minimum absolute atomic E-state index is 0.000982. The first-order valence-electron chi connectivity index (χ1n) is 8.12. The van der Waals surface area contributed by atoms with Crippen LogP contribution in [0, 0.1) is 18.7 Å². The van der Waals surface area contributed by atoms with Gasteiger partial charge >= 0.3 is 0 Å². The Morgan fingerprint density at radius 3 is 3.00 bits per heavy atom. The first-order chi connectivity index (χ1) is 11.0. The maximum atomic E-state index is 14.6. The number of hydrogen-bond donors (Lipinski definition) is 1. The molecular formula is C17H20FNO4. The lowest BCUT2D eigenvalue weighted by atomic mass is 10.1. The van der Waals surface area contributed by atoms with Gasteiger partial charge in [-0.05, 0) is 43.7 Å². The average Bonchev–Trinajstić information content (AvgIpc) is 3.28. The molecule has 5 nitrogen and oxygen atoms in total. The summed E-state index contributed by atoms with van der Waals surface area (Å²) in [5, 5.41) is 9.82. The molecule has 0 bridgehead atoms. The zero-order chi connectivity index (χ0) is 16.1. The van der Waals surface area contributed by atoms with Crippen LogP contribution < -0.4 is 9.47 Å². The fourth-order valence-corrected chi connectivity index (χ4v) is 3.30. The standard InChI is InChI=1S/C17H20FNO4/c1-9-4-13-14(16(15(9)18)23-7-10-2-3-10)17(21)19-6-12(20)5-11(19)8-22-13/h4,10-12,20H,2-3,5-8H2,1H3/t11-,12-/m1/s1. The number of benzene rings is 1. The molecule has 0 unspecified atom stereocenters.